The Labute approximate surface area is 91.6 Å². The number of aliphatic hydroxyl groups is 1. The summed E-state index contributed by atoms with van der Waals surface area (Å²) < 4.78 is 0. The Morgan fingerprint density at radius 3 is 2.93 bits per heavy atom. The van der Waals surface area contributed by atoms with Crippen LogP contribution in [0.1, 0.15) is 33.1 Å². The monoisotopic (exact) mass is 214 g/mol. The van der Waals surface area contributed by atoms with Crippen molar-refractivity contribution < 1.29 is 9.90 Å². The van der Waals surface area contributed by atoms with Crippen LogP contribution in [0.4, 0.5) is 0 Å². The van der Waals surface area contributed by atoms with Gasteiger partial charge < -0.3 is 15.3 Å². The highest BCUT2D eigenvalue weighted by molar-refractivity contribution is 5.82. The van der Waals surface area contributed by atoms with Crippen LogP contribution >= 0.6 is 0 Å². The minimum absolute atomic E-state index is 0.0672. The molecular weight excluding hydrogens is 192 g/mol. The summed E-state index contributed by atoms with van der Waals surface area (Å²) in [6, 6.07) is 0.125. The quantitative estimate of drug-likeness (QED) is 0.710. The maximum atomic E-state index is 12.1. The van der Waals surface area contributed by atoms with Crippen molar-refractivity contribution in [3.8, 4) is 0 Å². The molecule has 1 saturated heterocycles. The molecule has 2 atom stereocenters. The number of rotatable bonds is 4. The first-order valence-electron chi connectivity index (χ1n) is 5.85. The van der Waals surface area contributed by atoms with Gasteiger partial charge in [0.15, 0.2) is 0 Å². The number of hydrogen-bond acceptors (Lipinski definition) is 3. The highest BCUT2D eigenvalue weighted by Crippen LogP contribution is 2.12. The molecule has 4 nitrogen and oxygen atoms in total. The third-order valence-corrected chi connectivity index (χ3v) is 2.95. The van der Waals surface area contributed by atoms with Crippen LogP contribution in [0.3, 0.4) is 0 Å². The SMILES string of the molecule is CCCN1C(=O)C(CCO)NCCC1C. The average Bonchev–Trinajstić information content (AvgIpc) is 2.34. The molecule has 0 saturated carbocycles. The van der Waals surface area contributed by atoms with E-state index in [0.29, 0.717) is 12.5 Å². The van der Waals surface area contributed by atoms with Crippen molar-refractivity contribution >= 4 is 5.91 Å². The molecule has 1 heterocycles. The second-order valence-corrected chi connectivity index (χ2v) is 4.19. The van der Waals surface area contributed by atoms with Crippen molar-refractivity contribution in [3.63, 3.8) is 0 Å². The van der Waals surface area contributed by atoms with Gasteiger partial charge in [0.2, 0.25) is 5.91 Å². The average molecular weight is 214 g/mol. The van der Waals surface area contributed by atoms with Gasteiger partial charge >= 0.3 is 0 Å². The van der Waals surface area contributed by atoms with Gasteiger partial charge in [-0.05, 0) is 32.7 Å². The van der Waals surface area contributed by atoms with Gasteiger partial charge in [0, 0.05) is 19.2 Å². The van der Waals surface area contributed by atoms with Crippen LogP contribution in [0.25, 0.3) is 0 Å². The molecule has 0 bridgehead atoms. The number of carbonyl (C=O) groups excluding carboxylic acids is 1. The van der Waals surface area contributed by atoms with Gasteiger partial charge in [0.25, 0.3) is 0 Å². The fraction of sp³-hybridized carbons (Fsp3) is 0.909. The smallest absolute Gasteiger partial charge is 0.240 e. The predicted molar refractivity (Wildman–Crippen MR) is 59.6 cm³/mol. The number of nitrogens with one attached hydrogen (secondary N) is 1. The maximum Gasteiger partial charge on any atom is 0.240 e. The van der Waals surface area contributed by atoms with E-state index in [2.05, 4.69) is 19.2 Å². The van der Waals surface area contributed by atoms with Crippen LogP contribution in [0.2, 0.25) is 0 Å². The number of nitrogens with zero attached hydrogens (tertiary/aromatic N) is 1. The number of amides is 1. The first kappa shape index (κ1) is 12.5. The topological polar surface area (TPSA) is 52.6 Å². The Kier molecular flexibility index (Phi) is 5.05. The first-order chi connectivity index (χ1) is 7.20. The summed E-state index contributed by atoms with van der Waals surface area (Å²) in [5.41, 5.74) is 0. The highest BCUT2D eigenvalue weighted by Gasteiger charge is 2.29. The van der Waals surface area contributed by atoms with Crippen molar-refractivity contribution in [1.29, 1.82) is 0 Å². The van der Waals surface area contributed by atoms with E-state index in [9.17, 15) is 4.79 Å². The largest absolute Gasteiger partial charge is 0.396 e. The predicted octanol–water partition coefficient (Wildman–Crippen LogP) is 0.358. The Bertz CT molecular complexity index is 209. The normalized spacial score (nSPS) is 27.9. The van der Waals surface area contributed by atoms with Crippen LogP contribution in [-0.2, 0) is 4.79 Å². The molecule has 15 heavy (non-hydrogen) atoms. The van der Waals surface area contributed by atoms with Gasteiger partial charge in [-0.1, -0.05) is 6.92 Å². The second-order valence-electron chi connectivity index (χ2n) is 4.19. The third-order valence-electron chi connectivity index (χ3n) is 2.95. The van der Waals surface area contributed by atoms with E-state index in [4.69, 9.17) is 5.11 Å². The molecule has 0 aliphatic carbocycles. The summed E-state index contributed by atoms with van der Waals surface area (Å²) >= 11 is 0. The van der Waals surface area contributed by atoms with Gasteiger partial charge in [0.05, 0.1) is 6.04 Å². The fourth-order valence-corrected chi connectivity index (χ4v) is 2.05. The van der Waals surface area contributed by atoms with Crippen LogP contribution in [-0.4, -0.2) is 47.7 Å². The van der Waals surface area contributed by atoms with E-state index in [1.807, 2.05) is 4.90 Å². The lowest BCUT2D eigenvalue weighted by Crippen LogP contribution is -2.46. The lowest BCUT2D eigenvalue weighted by Gasteiger charge is -2.28. The molecule has 0 aromatic heterocycles. The maximum absolute atomic E-state index is 12.1. The van der Waals surface area contributed by atoms with Gasteiger partial charge in [-0.25, -0.2) is 0 Å². The minimum atomic E-state index is -0.188. The van der Waals surface area contributed by atoms with E-state index in [-0.39, 0.29) is 18.6 Å². The third kappa shape index (κ3) is 3.18. The van der Waals surface area contributed by atoms with E-state index in [1.165, 1.54) is 0 Å². The molecule has 0 spiro atoms. The summed E-state index contributed by atoms with van der Waals surface area (Å²) in [4.78, 5) is 14.0. The van der Waals surface area contributed by atoms with E-state index in [0.717, 1.165) is 25.9 Å². The van der Waals surface area contributed by atoms with Crippen molar-refractivity contribution in [2.24, 2.45) is 0 Å². The van der Waals surface area contributed by atoms with Gasteiger partial charge in [-0.2, -0.15) is 0 Å². The zero-order valence-electron chi connectivity index (χ0n) is 9.70. The molecule has 1 fully saturated rings. The van der Waals surface area contributed by atoms with Crippen molar-refractivity contribution in [2.75, 3.05) is 19.7 Å². The zero-order chi connectivity index (χ0) is 11.3. The van der Waals surface area contributed by atoms with Crippen LogP contribution in [0.5, 0.6) is 0 Å². The molecule has 88 valence electrons. The molecule has 2 N–H and O–H groups in total. The molecule has 1 aliphatic heterocycles. The second kappa shape index (κ2) is 6.08. The summed E-state index contributed by atoms with van der Waals surface area (Å²) in [5, 5.41) is 12.1. The standard InChI is InChI=1S/C11H22N2O2/c1-3-7-13-9(2)4-6-12-10(5-8-14)11(13)15/h9-10,12,14H,3-8H2,1-2H3. The van der Waals surface area contributed by atoms with Gasteiger partial charge in [-0.15, -0.1) is 0 Å². The van der Waals surface area contributed by atoms with Gasteiger partial charge in [-0.3, -0.25) is 4.79 Å². The molecule has 4 heteroatoms. The molecular formula is C11H22N2O2. The molecule has 2 unspecified atom stereocenters. The van der Waals surface area contributed by atoms with E-state index < -0.39 is 0 Å². The summed E-state index contributed by atoms with van der Waals surface area (Å²) in [5.74, 6) is 0.149. The van der Waals surface area contributed by atoms with Crippen LogP contribution in [0, 0.1) is 0 Å². The summed E-state index contributed by atoms with van der Waals surface area (Å²) in [6.07, 6.45) is 2.50. The number of carbonyl (C=O) groups is 1. The Balaban J connectivity index is 2.67. The number of aliphatic hydroxyl groups excluding tert-OH is 1. The molecule has 0 aromatic carbocycles. The summed E-state index contributed by atoms with van der Waals surface area (Å²) in [7, 11) is 0. The first-order valence-corrected chi connectivity index (χ1v) is 5.85. The van der Waals surface area contributed by atoms with Crippen LogP contribution < -0.4 is 5.32 Å². The summed E-state index contributed by atoms with van der Waals surface area (Å²) in [6.45, 7) is 5.93. The highest BCUT2D eigenvalue weighted by atomic mass is 16.3. The zero-order valence-corrected chi connectivity index (χ0v) is 9.70. The Hall–Kier alpha value is -0.610. The lowest BCUT2D eigenvalue weighted by molar-refractivity contribution is -0.134. The van der Waals surface area contributed by atoms with Gasteiger partial charge in [0.1, 0.15) is 0 Å². The fourth-order valence-electron chi connectivity index (χ4n) is 2.05. The van der Waals surface area contributed by atoms with Crippen molar-refractivity contribution in [2.45, 2.75) is 45.2 Å². The Morgan fingerprint density at radius 1 is 1.60 bits per heavy atom. The van der Waals surface area contributed by atoms with Crippen LogP contribution in [0.15, 0.2) is 0 Å². The molecule has 1 aliphatic rings. The molecule has 1 rings (SSSR count). The molecule has 1 amide bonds. The number of hydrogen-bond donors (Lipinski definition) is 2. The molecule has 0 radical (unpaired) electrons. The van der Waals surface area contributed by atoms with E-state index >= 15 is 0 Å². The molecule has 0 aromatic rings. The minimum Gasteiger partial charge on any atom is -0.396 e. The van der Waals surface area contributed by atoms with Crippen molar-refractivity contribution in [3.05, 3.63) is 0 Å². The lowest BCUT2D eigenvalue weighted by atomic mass is 10.1. The van der Waals surface area contributed by atoms with E-state index in [1.54, 1.807) is 0 Å². The Morgan fingerprint density at radius 2 is 2.33 bits per heavy atom. The van der Waals surface area contributed by atoms with Crippen molar-refractivity contribution in [1.82, 2.24) is 10.2 Å².